The van der Waals surface area contributed by atoms with Crippen molar-refractivity contribution in [3.63, 3.8) is 0 Å². The van der Waals surface area contributed by atoms with E-state index in [2.05, 4.69) is 42.6 Å². The molecule has 1 aliphatic rings. The molecule has 1 aliphatic carbocycles. The number of benzene rings is 2. The molecular formula is C19H22ClN. The lowest BCUT2D eigenvalue weighted by atomic mass is 9.96. The standard InChI is InChI=1S/C19H22ClN/c1-2-21-19(17-7-4-8-18(20)13-17)12-14-9-10-15-5-3-6-16(15)11-14/h4,7-11,13,19,21H,2-3,5-6,12H2,1H3. The number of aryl methyl sites for hydroxylation is 2. The number of nitrogens with one attached hydrogen (secondary N) is 1. The summed E-state index contributed by atoms with van der Waals surface area (Å²) in [5.41, 5.74) is 5.78. The molecule has 0 spiro atoms. The summed E-state index contributed by atoms with van der Waals surface area (Å²) in [5, 5.41) is 4.39. The molecule has 0 saturated heterocycles. The van der Waals surface area contributed by atoms with Gasteiger partial charge >= 0.3 is 0 Å². The van der Waals surface area contributed by atoms with E-state index in [0.29, 0.717) is 6.04 Å². The maximum absolute atomic E-state index is 6.14. The van der Waals surface area contributed by atoms with E-state index in [0.717, 1.165) is 18.0 Å². The van der Waals surface area contributed by atoms with Crippen LogP contribution in [0, 0.1) is 0 Å². The molecule has 1 nitrogen and oxygen atoms in total. The summed E-state index contributed by atoms with van der Waals surface area (Å²) in [5.74, 6) is 0. The minimum absolute atomic E-state index is 0.327. The summed E-state index contributed by atoms with van der Waals surface area (Å²) < 4.78 is 0. The zero-order valence-electron chi connectivity index (χ0n) is 12.5. The van der Waals surface area contributed by atoms with Gasteiger partial charge in [-0.2, -0.15) is 0 Å². The van der Waals surface area contributed by atoms with Gasteiger partial charge in [-0.3, -0.25) is 0 Å². The summed E-state index contributed by atoms with van der Waals surface area (Å²) >= 11 is 6.14. The fourth-order valence-corrected chi connectivity index (χ4v) is 3.46. The highest BCUT2D eigenvalue weighted by atomic mass is 35.5. The monoisotopic (exact) mass is 299 g/mol. The highest BCUT2D eigenvalue weighted by Crippen LogP contribution is 2.26. The largest absolute Gasteiger partial charge is 0.310 e. The molecule has 0 amide bonds. The molecule has 0 radical (unpaired) electrons. The Morgan fingerprint density at radius 3 is 2.76 bits per heavy atom. The van der Waals surface area contributed by atoms with Gasteiger partial charge in [0.2, 0.25) is 0 Å². The Bertz CT molecular complexity index is 621. The van der Waals surface area contributed by atoms with Crippen LogP contribution in [0.5, 0.6) is 0 Å². The second kappa shape index (κ2) is 6.64. The summed E-state index contributed by atoms with van der Waals surface area (Å²) in [7, 11) is 0. The van der Waals surface area contributed by atoms with Crippen LogP contribution in [0.15, 0.2) is 42.5 Å². The minimum atomic E-state index is 0.327. The van der Waals surface area contributed by atoms with Crippen LogP contribution in [0.2, 0.25) is 5.02 Å². The van der Waals surface area contributed by atoms with Crippen LogP contribution in [-0.2, 0) is 19.3 Å². The van der Waals surface area contributed by atoms with Crippen molar-refractivity contribution >= 4 is 11.6 Å². The average molecular weight is 300 g/mol. The number of rotatable bonds is 5. The van der Waals surface area contributed by atoms with Gasteiger partial charge in [0.05, 0.1) is 0 Å². The maximum Gasteiger partial charge on any atom is 0.0409 e. The molecule has 0 heterocycles. The van der Waals surface area contributed by atoms with Gasteiger partial charge in [0.1, 0.15) is 0 Å². The Kier molecular flexibility index (Phi) is 4.62. The van der Waals surface area contributed by atoms with Gasteiger partial charge in [0.15, 0.2) is 0 Å². The van der Waals surface area contributed by atoms with Crippen LogP contribution < -0.4 is 5.32 Å². The molecule has 0 bridgehead atoms. The fraction of sp³-hybridized carbons (Fsp3) is 0.368. The molecule has 0 fully saturated rings. The van der Waals surface area contributed by atoms with E-state index in [9.17, 15) is 0 Å². The molecule has 2 aromatic carbocycles. The zero-order chi connectivity index (χ0) is 14.7. The highest BCUT2D eigenvalue weighted by molar-refractivity contribution is 6.30. The minimum Gasteiger partial charge on any atom is -0.310 e. The van der Waals surface area contributed by atoms with Gasteiger partial charge in [0, 0.05) is 11.1 Å². The number of halogens is 1. The fourth-order valence-electron chi connectivity index (χ4n) is 3.27. The third-order valence-corrected chi connectivity index (χ3v) is 4.54. The number of likely N-dealkylation sites (N-methyl/N-ethyl adjacent to an activating group) is 1. The summed E-state index contributed by atoms with van der Waals surface area (Å²) in [6.45, 7) is 3.11. The van der Waals surface area contributed by atoms with Crippen molar-refractivity contribution in [3.05, 3.63) is 69.7 Å². The van der Waals surface area contributed by atoms with Gasteiger partial charge in [0.25, 0.3) is 0 Å². The first-order valence-corrected chi connectivity index (χ1v) is 8.23. The van der Waals surface area contributed by atoms with Crippen LogP contribution in [-0.4, -0.2) is 6.54 Å². The van der Waals surface area contributed by atoms with E-state index >= 15 is 0 Å². The molecule has 110 valence electrons. The number of hydrogen-bond donors (Lipinski definition) is 1. The molecule has 1 atom stereocenters. The smallest absolute Gasteiger partial charge is 0.0409 e. The van der Waals surface area contributed by atoms with Crippen molar-refractivity contribution in [2.75, 3.05) is 6.54 Å². The molecule has 0 aliphatic heterocycles. The van der Waals surface area contributed by atoms with E-state index in [1.165, 1.54) is 30.4 Å². The number of fused-ring (bicyclic) bond motifs is 1. The zero-order valence-corrected chi connectivity index (χ0v) is 13.3. The van der Waals surface area contributed by atoms with Crippen LogP contribution in [0.25, 0.3) is 0 Å². The van der Waals surface area contributed by atoms with E-state index < -0.39 is 0 Å². The van der Waals surface area contributed by atoms with Crippen molar-refractivity contribution in [2.45, 2.75) is 38.6 Å². The molecule has 0 saturated carbocycles. The third kappa shape index (κ3) is 3.48. The second-order valence-corrected chi connectivity index (χ2v) is 6.26. The van der Waals surface area contributed by atoms with Crippen LogP contribution in [0.3, 0.4) is 0 Å². The van der Waals surface area contributed by atoms with Crippen molar-refractivity contribution in [2.24, 2.45) is 0 Å². The highest BCUT2D eigenvalue weighted by Gasteiger charge is 2.15. The SMILES string of the molecule is CCNC(Cc1ccc2c(c1)CCC2)c1cccc(Cl)c1. The Morgan fingerprint density at radius 1 is 1.10 bits per heavy atom. The quantitative estimate of drug-likeness (QED) is 0.842. The van der Waals surface area contributed by atoms with Crippen molar-refractivity contribution in [1.29, 1.82) is 0 Å². The van der Waals surface area contributed by atoms with Crippen LogP contribution in [0.1, 0.15) is 41.6 Å². The molecule has 3 rings (SSSR count). The molecule has 1 N–H and O–H groups in total. The van der Waals surface area contributed by atoms with E-state index in [4.69, 9.17) is 11.6 Å². The van der Waals surface area contributed by atoms with E-state index in [1.54, 1.807) is 11.1 Å². The Hall–Kier alpha value is -1.31. The van der Waals surface area contributed by atoms with Crippen molar-refractivity contribution < 1.29 is 0 Å². The lowest BCUT2D eigenvalue weighted by molar-refractivity contribution is 0.549. The average Bonchev–Trinajstić information content (AvgIpc) is 2.94. The lowest BCUT2D eigenvalue weighted by Crippen LogP contribution is -2.23. The Balaban J connectivity index is 1.82. The predicted molar refractivity (Wildman–Crippen MR) is 90.0 cm³/mol. The molecule has 2 heteroatoms. The first kappa shape index (κ1) is 14.6. The normalized spacial score (nSPS) is 15.0. The van der Waals surface area contributed by atoms with E-state index in [1.807, 2.05) is 12.1 Å². The first-order valence-electron chi connectivity index (χ1n) is 7.86. The van der Waals surface area contributed by atoms with Gasteiger partial charge in [-0.25, -0.2) is 0 Å². The van der Waals surface area contributed by atoms with Crippen molar-refractivity contribution in [3.8, 4) is 0 Å². The summed E-state index contributed by atoms with van der Waals surface area (Å²) in [6, 6.07) is 15.5. The Labute approximate surface area is 132 Å². The van der Waals surface area contributed by atoms with Gasteiger partial charge < -0.3 is 5.32 Å². The van der Waals surface area contributed by atoms with Gasteiger partial charge in [-0.05, 0) is 66.6 Å². The summed E-state index contributed by atoms with van der Waals surface area (Å²) in [6.07, 6.45) is 4.82. The van der Waals surface area contributed by atoms with Crippen LogP contribution in [0.4, 0.5) is 0 Å². The second-order valence-electron chi connectivity index (χ2n) is 5.83. The first-order chi connectivity index (χ1) is 10.3. The van der Waals surface area contributed by atoms with Gasteiger partial charge in [-0.15, -0.1) is 0 Å². The van der Waals surface area contributed by atoms with E-state index in [-0.39, 0.29) is 0 Å². The molecule has 1 unspecified atom stereocenters. The number of hydrogen-bond acceptors (Lipinski definition) is 1. The van der Waals surface area contributed by atoms with Crippen molar-refractivity contribution in [1.82, 2.24) is 5.32 Å². The third-order valence-electron chi connectivity index (χ3n) is 4.30. The summed E-state index contributed by atoms with van der Waals surface area (Å²) in [4.78, 5) is 0. The Morgan fingerprint density at radius 2 is 1.95 bits per heavy atom. The predicted octanol–water partition coefficient (Wildman–Crippen LogP) is 4.72. The molecule has 21 heavy (non-hydrogen) atoms. The maximum atomic E-state index is 6.14. The topological polar surface area (TPSA) is 12.0 Å². The lowest BCUT2D eigenvalue weighted by Gasteiger charge is -2.19. The van der Waals surface area contributed by atoms with Gasteiger partial charge in [-0.1, -0.05) is 48.9 Å². The molecular weight excluding hydrogens is 278 g/mol. The molecule has 0 aromatic heterocycles. The molecule has 2 aromatic rings. The van der Waals surface area contributed by atoms with Crippen LogP contribution >= 0.6 is 11.6 Å².